The van der Waals surface area contributed by atoms with Gasteiger partial charge in [0.05, 0.1) is 13.7 Å². The van der Waals surface area contributed by atoms with E-state index in [-0.39, 0.29) is 18.4 Å². The minimum atomic E-state index is -0.340. The summed E-state index contributed by atoms with van der Waals surface area (Å²) in [5.41, 5.74) is 1.000. The van der Waals surface area contributed by atoms with E-state index in [4.69, 9.17) is 9.47 Å². The molecule has 0 bridgehead atoms. The molecule has 0 unspecified atom stereocenters. The van der Waals surface area contributed by atoms with Crippen LogP contribution in [0.3, 0.4) is 0 Å². The van der Waals surface area contributed by atoms with Gasteiger partial charge >= 0.3 is 6.09 Å². The first kappa shape index (κ1) is 14.2. The molecule has 1 saturated heterocycles. The molecular weight excluding hydrogens is 260 g/mol. The minimum absolute atomic E-state index is 0.0829. The summed E-state index contributed by atoms with van der Waals surface area (Å²) in [5, 5.41) is 2.82. The smallest absolute Gasteiger partial charge is 0.409 e. The van der Waals surface area contributed by atoms with Crippen molar-refractivity contribution >= 4 is 12.0 Å². The number of hydrogen-bond donors (Lipinski definition) is 1. The number of rotatable bonds is 6. The quantitative estimate of drug-likeness (QED) is 0.847. The predicted octanol–water partition coefficient (Wildman–Crippen LogP) is 1.15. The van der Waals surface area contributed by atoms with Gasteiger partial charge in [-0.15, -0.1) is 0 Å². The number of amides is 2. The number of cyclic esters (lactones) is 1. The highest BCUT2D eigenvalue weighted by molar-refractivity contribution is 5.77. The van der Waals surface area contributed by atoms with Crippen molar-refractivity contribution in [1.82, 2.24) is 10.2 Å². The van der Waals surface area contributed by atoms with Gasteiger partial charge in [-0.2, -0.15) is 0 Å². The van der Waals surface area contributed by atoms with Crippen molar-refractivity contribution in [3.8, 4) is 5.75 Å². The van der Waals surface area contributed by atoms with Crippen LogP contribution in [-0.4, -0.2) is 43.7 Å². The first-order chi connectivity index (χ1) is 9.69. The Bertz CT molecular complexity index is 473. The summed E-state index contributed by atoms with van der Waals surface area (Å²) in [6, 6.07) is 7.50. The SMILES string of the molecule is COc1ccc(CNC(=O)CCN2CCOC2=O)cc1. The Labute approximate surface area is 117 Å². The Morgan fingerprint density at radius 1 is 1.40 bits per heavy atom. The van der Waals surface area contributed by atoms with Gasteiger partial charge in [0.1, 0.15) is 12.4 Å². The molecular formula is C14H18N2O4. The maximum absolute atomic E-state index is 11.7. The molecule has 0 aliphatic carbocycles. The van der Waals surface area contributed by atoms with Crippen LogP contribution in [-0.2, 0) is 16.1 Å². The average molecular weight is 278 g/mol. The first-order valence-corrected chi connectivity index (χ1v) is 6.50. The second-order valence-corrected chi connectivity index (χ2v) is 4.48. The van der Waals surface area contributed by atoms with Gasteiger partial charge in [0.25, 0.3) is 0 Å². The van der Waals surface area contributed by atoms with Crippen LogP contribution in [0.2, 0.25) is 0 Å². The van der Waals surface area contributed by atoms with E-state index in [1.54, 1.807) is 7.11 Å². The highest BCUT2D eigenvalue weighted by Gasteiger charge is 2.21. The van der Waals surface area contributed by atoms with Crippen LogP contribution < -0.4 is 10.1 Å². The fraction of sp³-hybridized carbons (Fsp3) is 0.429. The Morgan fingerprint density at radius 2 is 2.15 bits per heavy atom. The zero-order chi connectivity index (χ0) is 14.4. The molecule has 2 amide bonds. The summed E-state index contributed by atoms with van der Waals surface area (Å²) < 4.78 is 9.86. The van der Waals surface area contributed by atoms with Crippen LogP contribution in [0.1, 0.15) is 12.0 Å². The number of benzene rings is 1. The standard InChI is InChI=1S/C14H18N2O4/c1-19-12-4-2-11(3-5-12)10-15-13(17)6-7-16-8-9-20-14(16)18/h2-5H,6-10H2,1H3,(H,15,17). The number of hydrogen-bond acceptors (Lipinski definition) is 4. The van der Waals surface area contributed by atoms with Crippen LogP contribution in [0.25, 0.3) is 0 Å². The third-order valence-electron chi connectivity index (χ3n) is 3.10. The van der Waals surface area contributed by atoms with E-state index in [0.29, 0.717) is 26.2 Å². The number of nitrogens with one attached hydrogen (secondary N) is 1. The molecule has 1 fully saturated rings. The van der Waals surface area contributed by atoms with Crippen molar-refractivity contribution in [2.45, 2.75) is 13.0 Å². The minimum Gasteiger partial charge on any atom is -0.497 e. The zero-order valence-corrected chi connectivity index (χ0v) is 11.4. The van der Waals surface area contributed by atoms with Crippen LogP contribution in [0.4, 0.5) is 4.79 Å². The lowest BCUT2D eigenvalue weighted by Gasteiger charge is -2.12. The van der Waals surface area contributed by atoms with E-state index in [1.807, 2.05) is 24.3 Å². The van der Waals surface area contributed by atoms with Crippen LogP contribution in [0.5, 0.6) is 5.75 Å². The van der Waals surface area contributed by atoms with Gasteiger partial charge < -0.3 is 19.7 Å². The summed E-state index contributed by atoms with van der Waals surface area (Å²) in [7, 11) is 1.61. The van der Waals surface area contributed by atoms with Crippen molar-refractivity contribution in [1.29, 1.82) is 0 Å². The topological polar surface area (TPSA) is 67.9 Å². The van der Waals surface area contributed by atoms with Gasteiger partial charge in [0.15, 0.2) is 0 Å². The van der Waals surface area contributed by atoms with Gasteiger partial charge in [-0.05, 0) is 17.7 Å². The van der Waals surface area contributed by atoms with Crippen LogP contribution in [0, 0.1) is 0 Å². The molecule has 1 aromatic carbocycles. The summed E-state index contributed by atoms with van der Waals surface area (Å²) in [6.07, 6.45) is -0.0569. The molecule has 108 valence electrons. The van der Waals surface area contributed by atoms with Crippen molar-refractivity contribution in [2.75, 3.05) is 26.8 Å². The third-order valence-corrected chi connectivity index (χ3v) is 3.10. The lowest BCUT2D eigenvalue weighted by Crippen LogP contribution is -2.31. The zero-order valence-electron chi connectivity index (χ0n) is 11.4. The van der Waals surface area contributed by atoms with E-state index in [1.165, 1.54) is 4.90 Å². The monoisotopic (exact) mass is 278 g/mol. The molecule has 0 atom stereocenters. The molecule has 0 saturated carbocycles. The van der Waals surface area contributed by atoms with Crippen molar-refractivity contribution in [2.24, 2.45) is 0 Å². The second-order valence-electron chi connectivity index (χ2n) is 4.48. The van der Waals surface area contributed by atoms with Crippen LogP contribution in [0.15, 0.2) is 24.3 Å². The van der Waals surface area contributed by atoms with E-state index in [0.717, 1.165) is 11.3 Å². The van der Waals surface area contributed by atoms with E-state index < -0.39 is 0 Å². The summed E-state index contributed by atoms with van der Waals surface area (Å²) in [5.74, 6) is 0.702. The molecule has 0 radical (unpaired) electrons. The highest BCUT2D eigenvalue weighted by Crippen LogP contribution is 2.11. The van der Waals surface area contributed by atoms with E-state index in [2.05, 4.69) is 5.32 Å². The number of carbonyl (C=O) groups excluding carboxylic acids is 2. The Balaban J connectivity index is 1.70. The van der Waals surface area contributed by atoms with E-state index in [9.17, 15) is 9.59 Å². The molecule has 1 aliphatic heterocycles. The fourth-order valence-electron chi connectivity index (χ4n) is 1.90. The Morgan fingerprint density at radius 3 is 2.75 bits per heavy atom. The average Bonchev–Trinajstić information content (AvgIpc) is 2.89. The maximum atomic E-state index is 11.7. The number of carbonyl (C=O) groups is 2. The molecule has 6 heteroatoms. The molecule has 1 N–H and O–H groups in total. The maximum Gasteiger partial charge on any atom is 0.409 e. The fourth-order valence-corrected chi connectivity index (χ4v) is 1.90. The summed E-state index contributed by atoms with van der Waals surface area (Å²) >= 11 is 0. The second kappa shape index (κ2) is 6.79. The van der Waals surface area contributed by atoms with Gasteiger partial charge in [0, 0.05) is 19.5 Å². The Hall–Kier alpha value is -2.24. The number of methoxy groups -OCH3 is 1. The van der Waals surface area contributed by atoms with E-state index >= 15 is 0 Å². The molecule has 0 spiro atoms. The predicted molar refractivity (Wildman–Crippen MR) is 72.4 cm³/mol. The largest absolute Gasteiger partial charge is 0.497 e. The van der Waals surface area contributed by atoms with Crippen LogP contribution >= 0.6 is 0 Å². The summed E-state index contributed by atoms with van der Waals surface area (Å²) in [6.45, 7) is 1.83. The molecule has 2 rings (SSSR count). The number of nitrogens with zero attached hydrogens (tertiary/aromatic N) is 1. The van der Waals surface area contributed by atoms with Gasteiger partial charge in [-0.3, -0.25) is 4.79 Å². The van der Waals surface area contributed by atoms with Crippen molar-refractivity contribution in [3.63, 3.8) is 0 Å². The molecule has 1 aromatic rings. The van der Waals surface area contributed by atoms with Crippen molar-refractivity contribution < 1.29 is 19.1 Å². The number of ether oxygens (including phenoxy) is 2. The Kier molecular flexibility index (Phi) is 4.81. The van der Waals surface area contributed by atoms with Gasteiger partial charge in [0.2, 0.25) is 5.91 Å². The normalized spacial score (nSPS) is 14.1. The molecule has 1 aliphatic rings. The molecule has 6 nitrogen and oxygen atoms in total. The van der Waals surface area contributed by atoms with Crippen molar-refractivity contribution in [3.05, 3.63) is 29.8 Å². The molecule has 1 heterocycles. The lowest BCUT2D eigenvalue weighted by atomic mass is 10.2. The molecule has 20 heavy (non-hydrogen) atoms. The third kappa shape index (κ3) is 3.88. The van der Waals surface area contributed by atoms with Gasteiger partial charge in [-0.25, -0.2) is 4.79 Å². The highest BCUT2D eigenvalue weighted by atomic mass is 16.6. The first-order valence-electron chi connectivity index (χ1n) is 6.50. The van der Waals surface area contributed by atoms with Gasteiger partial charge in [-0.1, -0.05) is 12.1 Å². The lowest BCUT2D eigenvalue weighted by molar-refractivity contribution is -0.121. The molecule has 0 aromatic heterocycles. The summed E-state index contributed by atoms with van der Waals surface area (Å²) in [4.78, 5) is 24.4.